The lowest BCUT2D eigenvalue weighted by Gasteiger charge is -2.14. The number of carbonyl (C=O) groups is 1. The van der Waals surface area contributed by atoms with Gasteiger partial charge in [0.2, 0.25) is 5.91 Å². The maximum atomic E-state index is 12.4. The van der Waals surface area contributed by atoms with Crippen LogP contribution >= 0.6 is 0 Å². The van der Waals surface area contributed by atoms with Gasteiger partial charge in [0, 0.05) is 17.8 Å². The quantitative estimate of drug-likeness (QED) is 0.412. The number of ether oxygens (including phenoxy) is 2. The van der Waals surface area contributed by atoms with Gasteiger partial charge in [-0.2, -0.15) is 0 Å². The molecule has 0 heterocycles. The third kappa shape index (κ3) is 5.05. The largest absolute Gasteiger partial charge is 0.490 e. The van der Waals surface area contributed by atoms with Gasteiger partial charge in [0.1, 0.15) is 5.75 Å². The van der Waals surface area contributed by atoms with Gasteiger partial charge in [0.25, 0.3) is 0 Å². The standard InChI is InChI=1S/C22H21N3O5/c1-15-12-19(25(27)28)21(29-2)13-18(15)24-22(26)14-23-17-10-6-7-11-20(17)30-16-8-4-3-5-9-16/h3-13,23H,14H2,1-2H3,(H,24,26). The van der Waals surface area contributed by atoms with E-state index in [1.807, 2.05) is 48.5 Å². The maximum absolute atomic E-state index is 12.4. The van der Waals surface area contributed by atoms with E-state index in [0.29, 0.717) is 28.4 Å². The minimum atomic E-state index is -0.525. The number of hydrogen-bond acceptors (Lipinski definition) is 6. The molecule has 1 amide bonds. The Morgan fingerprint density at radius 1 is 1.00 bits per heavy atom. The maximum Gasteiger partial charge on any atom is 0.311 e. The first-order valence-corrected chi connectivity index (χ1v) is 9.16. The molecule has 8 heteroatoms. The van der Waals surface area contributed by atoms with E-state index in [0.717, 1.165) is 0 Å². The third-order valence-corrected chi connectivity index (χ3v) is 4.29. The van der Waals surface area contributed by atoms with Crippen molar-refractivity contribution in [2.75, 3.05) is 24.3 Å². The van der Waals surface area contributed by atoms with Crippen LogP contribution < -0.4 is 20.1 Å². The van der Waals surface area contributed by atoms with Gasteiger partial charge in [-0.05, 0) is 36.8 Å². The summed E-state index contributed by atoms with van der Waals surface area (Å²) in [6.45, 7) is 1.66. The monoisotopic (exact) mass is 407 g/mol. The second kappa shape index (κ2) is 9.42. The molecule has 0 spiro atoms. The number of nitrogens with zero attached hydrogens (tertiary/aromatic N) is 1. The smallest absolute Gasteiger partial charge is 0.311 e. The molecule has 0 saturated heterocycles. The minimum Gasteiger partial charge on any atom is -0.490 e. The molecule has 0 atom stereocenters. The van der Waals surface area contributed by atoms with Gasteiger partial charge < -0.3 is 20.1 Å². The summed E-state index contributed by atoms with van der Waals surface area (Å²) in [5, 5.41) is 16.9. The topological polar surface area (TPSA) is 103 Å². The molecular formula is C22H21N3O5. The Kier molecular flexibility index (Phi) is 6.49. The van der Waals surface area contributed by atoms with Gasteiger partial charge in [0.15, 0.2) is 11.5 Å². The number of benzene rings is 3. The Morgan fingerprint density at radius 2 is 1.70 bits per heavy atom. The fourth-order valence-electron chi connectivity index (χ4n) is 2.80. The first-order chi connectivity index (χ1) is 14.5. The van der Waals surface area contributed by atoms with Crippen molar-refractivity contribution in [3.8, 4) is 17.2 Å². The van der Waals surface area contributed by atoms with E-state index >= 15 is 0 Å². The summed E-state index contributed by atoms with van der Waals surface area (Å²) >= 11 is 0. The highest BCUT2D eigenvalue weighted by molar-refractivity contribution is 5.95. The average Bonchev–Trinajstić information content (AvgIpc) is 2.75. The van der Waals surface area contributed by atoms with Gasteiger partial charge in [-0.15, -0.1) is 0 Å². The summed E-state index contributed by atoms with van der Waals surface area (Å²) in [4.78, 5) is 23.0. The number of methoxy groups -OCH3 is 1. The number of nitro groups is 1. The molecule has 3 rings (SSSR count). The molecule has 8 nitrogen and oxygen atoms in total. The van der Waals surface area contributed by atoms with Crippen LogP contribution in [0.1, 0.15) is 5.56 Å². The van der Waals surface area contributed by atoms with Crippen LogP contribution in [0.5, 0.6) is 17.2 Å². The molecular weight excluding hydrogens is 386 g/mol. The Bertz CT molecular complexity index is 1050. The van der Waals surface area contributed by atoms with Crippen molar-refractivity contribution in [1.29, 1.82) is 0 Å². The predicted molar refractivity (Wildman–Crippen MR) is 114 cm³/mol. The number of nitro benzene ring substituents is 1. The van der Waals surface area contributed by atoms with Gasteiger partial charge in [-0.1, -0.05) is 30.3 Å². The zero-order valence-corrected chi connectivity index (χ0v) is 16.5. The molecule has 0 unspecified atom stereocenters. The van der Waals surface area contributed by atoms with E-state index in [9.17, 15) is 14.9 Å². The zero-order chi connectivity index (χ0) is 21.5. The molecule has 154 valence electrons. The van der Waals surface area contributed by atoms with Crippen LogP contribution in [0.4, 0.5) is 17.1 Å². The molecule has 2 N–H and O–H groups in total. The Morgan fingerprint density at radius 3 is 2.40 bits per heavy atom. The molecule has 0 bridgehead atoms. The Hall–Kier alpha value is -4.07. The number of rotatable bonds is 8. The Balaban J connectivity index is 1.68. The Labute approximate surface area is 173 Å². The van der Waals surface area contributed by atoms with Crippen LogP contribution in [-0.4, -0.2) is 24.5 Å². The summed E-state index contributed by atoms with van der Waals surface area (Å²) in [6, 6.07) is 19.4. The number of nitrogens with one attached hydrogen (secondary N) is 2. The number of aryl methyl sites for hydroxylation is 1. The lowest BCUT2D eigenvalue weighted by atomic mass is 10.1. The molecule has 30 heavy (non-hydrogen) atoms. The lowest BCUT2D eigenvalue weighted by molar-refractivity contribution is -0.385. The average molecular weight is 407 g/mol. The van der Waals surface area contributed by atoms with Crippen molar-refractivity contribution in [2.45, 2.75) is 6.92 Å². The van der Waals surface area contributed by atoms with Crippen LogP contribution in [0.15, 0.2) is 66.7 Å². The van der Waals surface area contributed by atoms with Crippen LogP contribution in [-0.2, 0) is 4.79 Å². The van der Waals surface area contributed by atoms with Crippen molar-refractivity contribution in [2.24, 2.45) is 0 Å². The molecule has 0 aromatic heterocycles. The van der Waals surface area contributed by atoms with Crippen LogP contribution in [0.25, 0.3) is 0 Å². The highest BCUT2D eigenvalue weighted by Crippen LogP contribution is 2.33. The second-order valence-corrected chi connectivity index (χ2v) is 6.41. The highest BCUT2D eigenvalue weighted by Gasteiger charge is 2.18. The number of para-hydroxylation sites is 3. The molecule has 3 aromatic rings. The number of anilines is 2. The third-order valence-electron chi connectivity index (χ3n) is 4.29. The van der Waals surface area contributed by atoms with E-state index in [2.05, 4.69) is 10.6 Å². The van der Waals surface area contributed by atoms with E-state index in [1.165, 1.54) is 19.2 Å². The number of amides is 1. The number of carbonyl (C=O) groups excluding carboxylic acids is 1. The van der Waals surface area contributed by atoms with E-state index in [1.54, 1.807) is 13.0 Å². The minimum absolute atomic E-state index is 0.0199. The van der Waals surface area contributed by atoms with Gasteiger partial charge >= 0.3 is 5.69 Å². The second-order valence-electron chi connectivity index (χ2n) is 6.41. The van der Waals surface area contributed by atoms with E-state index in [-0.39, 0.29) is 23.9 Å². The van der Waals surface area contributed by atoms with Crippen molar-refractivity contribution in [3.63, 3.8) is 0 Å². The molecule has 0 aliphatic rings. The highest BCUT2D eigenvalue weighted by atomic mass is 16.6. The van der Waals surface area contributed by atoms with E-state index in [4.69, 9.17) is 9.47 Å². The molecule has 0 fully saturated rings. The summed E-state index contributed by atoms with van der Waals surface area (Å²) in [5.41, 5.74) is 1.51. The summed E-state index contributed by atoms with van der Waals surface area (Å²) in [7, 11) is 1.34. The summed E-state index contributed by atoms with van der Waals surface area (Å²) in [6.07, 6.45) is 0. The molecule has 0 aliphatic heterocycles. The first-order valence-electron chi connectivity index (χ1n) is 9.16. The predicted octanol–water partition coefficient (Wildman–Crippen LogP) is 4.75. The van der Waals surface area contributed by atoms with Crippen LogP contribution in [0, 0.1) is 17.0 Å². The van der Waals surface area contributed by atoms with Crippen molar-refractivity contribution in [3.05, 3.63) is 82.4 Å². The summed E-state index contributed by atoms with van der Waals surface area (Å²) in [5.74, 6) is 1.04. The summed E-state index contributed by atoms with van der Waals surface area (Å²) < 4.78 is 10.9. The first kappa shape index (κ1) is 20.7. The SMILES string of the molecule is COc1cc(NC(=O)CNc2ccccc2Oc2ccccc2)c(C)cc1[N+](=O)[O-]. The fourth-order valence-corrected chi connectivity index (χ4v) is 2.80. The zero-order valence-electron chi connectivity index (χ0n) is 16.5. The number of hydrogen-bond donors (Lipinski definition) is 2. The molecule has 0 aliphatic carbocycles. The van der Waals surface area contributed by atoms with E-state index < -0.39 is 4.92 Å². The van der Waals surface area contributed by atoms with Gasteiger partial charge in [-0.3, -0.25) is 14.9 Å². The van der Waals surface area contributed by atoms with Crippen LogP contribution in [0.2, 0.25) is 0 Å². The molecule has 0 saturated carbocycles. The van der Waals surface area contributed by atoms with Crippen molar-refractivity contribution in [1.82, 2.24) is 0 Å². The van der Waals surface area contributed by atoms with Gasteiger partial charge in [0.05, 0.1) is 24.3 Å². The normalized spacial score (nSPS) is 10.2. The molecule has 3 aromatic carbocycles. The van der Waals surface area contributed by atoms with Crippen LogP contribution in [0.3, 0.4) is 0 Å². The fraction of sp³-hybridized carbons (Fsp3) is 0.136. The van der Waals surface area contributed by atoms with Gasteiger partial charge in [-0.25, -0.2) is 0 Å². The van der Waals surface area contributed by atoms with Crippen molar-refractivity contribution >= 4 is 23.0 Å². The molecule has 0 radical (unpaired) electrons. The van der Waals surface area contributed by atoms with Crippen molar-refractivity contribution < 1.29 is 19.2 Å². The lowest BCUT2D eigenvalue weighted by Crippen LogP contribution is -2.22.